The quantitative estimate of drug-likeness (QED) is 0.750. The molecule has 1 N–H and O–H groups in total. The van der Waals surface area contributed by atoms with E-state index in [1.807, 2.05) is 26.0 Å². The van der Waals surface area contributed by atoms with E-state index in [0.29, 0.717) is 31.0 Å². The number of halogens is 1. The van der Waals surface area contributed by atoms with E-state index in [0.717, 1.165) is 38.0 Å². The van der Waals surface area contributed by atoms with Gasteiger partial charge in [-0.2, -0.15) is 4.98 Å². The standard InChI is InChI=1S/C21H29FN4O2/c1-15(2)21-24-20(28-25-21)5-3-4-19(27)23-18-10-12-26(13-11-18)14-16-6-8-17(22)9-7-16/h6-9,15,18H,3-5,10-14H2,1-2H3,(H,23,27). The molecule has 0 unspecified atom stereocenters. The van der Waals surface area contributed by atoms with Crippen molar-refractivity contribution in [3.63, 3.8) is 0 Å². The Labute approximate surface area is 165 Å². The Morgan fingerprint density at radius 1 is 1.29 bits per heavy atom. The third kappa shape index (κ3) is 6.12. The number of aromatic nitrogens is 2. The van der Waals surface area contributed by atoms with Gasteiger partial charge in [-0.05, 0) is 37.0 Å². The van der Waals surface area contributed by atoms with Gasteiger partial charge in [0, 0.05) is 44.4 Å². The number of nitrogens with zero attached hydrogens (tertiary/aromatic N) is 3. The van der Waals surface area contributed by atoms with Gasteiger partial charge in [0.1, 0.15) is 5.82 Å². The van der Waals surface area contributed by atoms with Crippen molar-refractivity contribution in [1.29, 1.82) is 0 Å². The van der Waals surface area contributed by atoms with E-state index in [1.165, 1.54) is 12.1 Å². The van der Waals surface area contributed by atoms with E-state index in [-0.39, 0.29) is 23.7 Å². The molecule has 2 heterocycles. The van der Waals surface area contributed by atoms with Crippen LogP contribution in [-0.4, -0.2) is 40.1 Å². The molecule has 1 aromatic carbocycles. The zero-order valence-corrected chi connectivity index (χ0v) is 16.7. The van der Waals surface area contributed by atoms with Gasteiger partial charge in [0.15, 0.2) is 5.82 Å². The van der Waals surface area contributed by atoms with Crippen molar-refractivity contribution >= 4 is 5.91 Å². The molecule has 1 aliphatic heterocycles. The van der Waals surface area contributed by atoms with Gasteiger partial charge in [0.05, 0.1) is 0 Å². The summed E-state index contributed by atoms with van der Waals surface area (Å²) in [6.07, 6.45) is 3.68. The molecule has 0 aliphatic carbocycles. The maximum absolute atomic E-state index is 13.0. The second kappa shape index (κ2) is 9.78. The van der Waals surface area contributed by atoms with Gasteiger partial charge in [-0.15, -0.1) is 0 Å². The van der Waals surface area contributed by atoms with E-state index in [2.05, 4.69) is 20.4 Å². The topological polar surface area (TPSA) is 71.3 Å². The summed E-state index contributed by atoms with van der Waals surface area (Å²) in [5.41, 5.74) is 1.12. The van der Waals surface area contributed by atoms with E-state index >= 15 is 0 Å². The van der Waals surface area contributed by atoms with Crippen LogP contribution in [0.15, 0.2) is 28.8 Å². The highest BCUT2D eigenvalue weighted by Gasteiger charge is 2.20. The number of nitrogens with one attached hydrogen (secondary N) is 1. The minimum Gasteiger partial charge on any atom is -0.353 e. The van der Waals surface area contributed by atoms with E-state index < -0.39 is 0 Å². The fourth-order valence-corrected chi connectivity index (χ4v) is 3.39. The summed E-state index contributed by atoms with van der Waals surface area (Å²) in [6.45, 7) is 6.73. The van der Waals surface area contributed by atoms with Crippen LogP contribution < -0.4 is 5.32 Å². The monoisotopic (exact) mass is 388 g/mol. The molecule has 0 radical (unpaired) electrons. The molecule has 1 aliphatic rings. The SMILES string of the molecule is CC(C)c1noc(CCCC(=O)NC2CCN(Cc3ccc(F)cc3)CC2)n1. The molecule has 6 nitrogen and oxygen atoms in total. The maximum Gasteiger partial charge on any atom is 0.226 e. The first-order chi connectivity index (χ1) is 13.5. The Morgan fingerprint density at radius 3 is 2.64 bits per heavy atom. The average molecular weight is 388 g/mol. The number of aryl methyl sites for hydroxylation is 1. The molecular formula is C21H29FN4O2. The number of benzene rings is 1. The summed E-state index contributed by atoms with van der Waals surface area (Å²) in [5, 5.41) is 7.08. The van der Waals surface area contributed by atoms with Crippen LogP contribution in [0.2, 0.25) is 0 Å². The largest absolute Gasteiger partial charge is 0.353 e. The molecule has 28 heavy (non-hydrogen) atoms. The number of carbonyl (C=O) groups excluding carboxylic acids is 1. The number of hydrogen-bond donors (Lipinski definition) is 1. The van der Waals surface area contributed by atoms with Crippen molar-refractivity contribution in [3.8, 4) is 0 Å². The Bertz CT molecular complexity index is 752. The first-order valence-electron chi connectivity index (χ1n) is 10.1. The fourth-order valence-electron chi connectivity index (χ4n) is 3.39. The summed E-state index contributed by atoms with van der Waals surface area (Å²) in [7, 11) is 0. The highest BCUT2D eigenvalue weighted by molar-refractivity contribution is 5.76. The Kier molecular flexibility index (Phi) is 7.14. The first kappa shape index (κ1) is 20.5. The van der Waals surface area contributed by atoms with Crippen LogP contribution in [0.5, 0.6) is 0 Å². The van der Waals surface area contributed by atoms with Gasteiger partial charge in [-0.25, -0.2) is 4.39 Å². The lowest BCUT2D eigenvalue weighted by Crippen LogP contribution is -2.44. The number of hydrogen-bond acceptors (Lipinski definition) is 5. The lowest BCUT2D eigenvalue weighted by molar-refractivity contribution is -0.122. The lowest BCUT2D eigenvalue weighted by Gasteiger charge is -2.32. The highest BCUT2D eigenvalue weighted by Crippen LogP contribution is 2.15. The Balaban J connectivity index is 1.32. The van der Waals surface area contributed by atoms with E-state index in [9.17, 15) is 9.18 Å². The van der Waals surface area contributed by atoms with Gasteiger partial charge < -0.3 is 9.84 Å². The average Bonchev–Trinajstić information content (AvgIpc) is 3.14. The molecular weight excluding hydrogens is 359 g/mol. The summed E-state index contributed by atoms with van der Waals surface area (Å²) < 4.78 is 18.2. The number of likely N-dealkylation sites (tertiary alicyclic amines) is 1. The van der Waals surface area contributed by atoms with Crippen LogP contribution in [0.25, 0.3) is 0 Å². The molecule has 0 atom stereocenters. The van der Waals surface area contributed by atoms with Gasteiger partial charge >= 0.3 is 0 Å². The van der Waals surface area contributed by atoms with E-state index in [1.54, 1.807) is 0 Å². The molecule has 1 aromatic heterocycles. The number of carbonyl (C=O) groups is 1. The predicted octanol–water partition coefficient (Wildman–Crippen LogP) is 3.44. The highest BCUT2D eigenvalue weighted by atomic mass is 19.1. The smallest absolute Gasteiger partial charge is 0.226 e. The van der Waals surface area contributed by atoms with Crippen LogP contribution in [0, 0.1) is 5.82 Å². The molecule has 7 heteroatoms. The van der Waals surface area contributed by atoms with Crippen LogP contribution in [0.4, 0.5) is 4.39 Å². The minimum atomic E-state index is -0.204. The van der Waals surface area contributed by atoms with Gasteiger partial charge in [-0.3, -0.25) is 9.69 Å². The van der Waals surface area contributed by atoms with Crippen LogP contribution in [0.1, 0.15) is 62.7 Å². The second-order valence-electron chi connectivity index (χ2n) is 7.80. The second-order valence-corrected chi connectivity index (χ2v) is 7.80. The van der Waals surface area contributed by atoms with Crippen molar-refractivity contribution in [2.24, 2.45) is 0 Å². The van der Waals surface area contributed by atoms with Gasteiger partial charge in [0.25, 0.3) is 0 Å². The molecule has 1 fully saturated rings. The summed E-state index contributed by atoms with van der Waals surface area (Å²) >= 11 is 0. The Morgan fingerprint density at radius 2 is 2.00 bits per heavy atom. The zero-order chi connectivity index (χ0) is 19.9. The van der Waals surface area contributed by atoms with Crippen molar-refractivity contribution in [2.75, 3.05) is 13.1 Å². The lowest BCUT2D eigenvalue weighted by atomic mass is 10.0. The van der Waals surface area contributed by atoms with Gasteiger partial charge in [0.2, 0.25) is 11.8 Å². The molecule has 0 saturated carbocycles. The molecule has 1 saturated heterocycles. The van der Waals surface area contributed by atoms with Crippen molar-refractivity contribution in [3.05, 3.63) is 47.4 Å². The maximum atomic E-state index is 13.0. The van der Waals surface area contributed by atoms with Crippen molar-refractivity contribution < 1.29 is 13.7 Å². The summed E-state index contributed by atoms with van der Waals surface area (Å²) in [5.74, 6) is 1.44. The molecule has 3 rings (SSSR count). The molecule has 0 bridgehead atoms. The van der Waals surface area contributed by atoms with Crippen LogP contribution in [-0.2, 0) is 17.8 Å². The first-order valence-corrected chi connectivity index (χ1v) is 10.1. The molecule has 0 spiro atoms. The van der Waals surface area contributed by atoms with Gasteiger partial charge in [-0.1, -0.05) is 31.1 Å². The van der Waals surface area contributed by atoms with Crippen molar-refractivity contribution in [2.45, 2.75) is 64.5 Å². The number of piperidine rings is 1. The number of amides is 1. The van der Waals surface area contributed by atoms with Crippen LogP contribution in [0.3, 0.4) is 0 Å². The van der Waals surface area contributed by atoms with Crippen LogP contribution >= 0.6 is 0 Å². The summed E-state index contributed by atoms with van der Waals surface area (Å²) in [6, 6.07) is 6.89. The molecule has 152 valence electrons. The minimum absolute atomic E-state index is 0.0839. The third-order valence-electron chi connectivity index (χ3n) is 5.07. The third-order valence-corrected chi connectivity index (χ3v) is 5.07. The zero-order valence-electron chi connectivity index (χ0n) is 16.7. The predicted molar refractivity (Wildman–Crippen MR) is 104 cm³/mol. The Hall–Kier alpha value is -2.28. The summed E-state index contributed by atoms with van der Waals surface area (Å²) in [4.78, 5) is 18.9. The van der Waals surface area contributed by atoms with Crippen molar-refractivity contribution in [1.82, 2.24) is 20.4 Å². The normalized spacial score (nSPS) is 15.9. The van der Waals surface area contributed by atoms with E-state index in [4.69, 9.17) is 4.52 Å². The fraction of sp³-hybridized carbons (Fsp3) is 0.571. The molecule has 1 amide bonds. The number of rotatable bonds is 8. The molecule has 2 aromatic rings.